The summed E-state index contributed by atoms with van der Waals surface area (Å²) in [4.78, 5) is 24.5. The molecule has 0 aliphatic carbocycles. The minimum absolute atomic E-state index is 0.0664. The maximum Gasteiger partial charge on any atom is 0.306 e. The Balaban J connectivity index is 3.49. The Bertz CT molecular complexity index is 1030. The molecule has 0 fully saturated rings. The van der Waals surface area contributed by atoms with Crippen LogP contribution in [0.25, 0.3) is 0 Å². The standard InChI is InChI=1S/C57H104O5/c1-3-5-7-9-11-13-15-17-19-21-23-25-27-28-30-32-34-36-38-40-42-44-46-48-50-52-57(60)62-55(53-58)54-61-56(59)51-49-47-45-43-41-39-37-35-33-31-29-26-24-22-20-18-16-14-12-10-8-6-4-2/h15,17,21-24,27-28,55,58H,3-14,16,18-20,25-26,29-54H2,1-2H3/b17-15-,23-21-,24-22-,28-27-. The summed E-state index contributed by atoms with van der Waals surface area (Å²) >= 11 is 0. The molecule has 5 heteroatoms. The van der Waals surface area contributed by atoms with Gasteiger partial charge in [0.2, 0.25) is 0 Å². The van der Waals surface area contributed by atoms with E-state index < -0.39 is 6.10 Å². The fourth-order valence-corrected chi connectivity index (χ4v) is 7.97. The number of ether oxygens (including phenoxy) is 2. The van der Waals surface area contributed by atoms with Crippen molar-refractivity contribution in [3.63, 3.8) is 0 Å². The Morgan fingerprint density at radius 2 is 0.645 bits per heavy atom. The van der Waals surface area contributed by atoms with Crippen molar-refractivity contribution in [3.05, 3.63) is 48.6 Å². The first-order valence-corrected chi connectivity index (χ1v) is 27.2. The first kappa shape index (κ1) is 59.9. The number of rotatable bonds is 50. The highest BCUT2D eigenvalue weighted by atomic mass is 16.6. The van der Waals surface area contributed by atoms with Crippen LogP contribution in [0.1, 0.15) is 284 Å². The Kier molecular flexibility index (Phi) is 51.4. The minimum Gasteiger partial charge on any atom is -0.462 e. The van der Waals surface area contributed by atoms with Gasteiger partial charge in [0.1, 0.15) is 6.61 Å². The molecular formula is C57H104O5. The van der Waals surface area contributed by atoms with Crippen molar-refractivity contribution < 1.29 is 24.2 Å². The first-order chi connectivity index (χ1) is 30.6. The van der Waals surface area contributed by atoms with E-state index in [0.717, 1.165) is 51.4 Å². The largest absolute Gasteiger partial charge is 0.462 e. The lowest BCUT2D eigenvalue weighted by Gasteiger charge is -2.15. The number of esters is 2. The molecule has 0 aliphatic rings. The van der Waals surface area contributed by atoms with E-state index in [0.29, 0.717) is 12.8 Å². The number of allylic oxidation sites excluding steroid dienone is 8. The number of carbonyl (C=O) groups is 2. The Hall–Kier alpha value is -2.14. The van der Waals surface area contributed by atoms with E-state index in [4.69, 9.17) is 9.47 Å². The summed E-state index contributed by atoms with van der Waals surface area (Å²) in [7, 11) is 0. The van der Waals surface area contributed by atoms with Crippen LogP contribution in [0.4, 0.5) is 0 Å². The molecule has 5 nitrogen and oxygen atoms in total. The van der Waals surface area contributed by atoms with Gasteiger partial charge >= 0.3 is 11.9 Å². The van der Waals surface area contributed by atoms with Gasteiger partial charge in [-0.25, -0.2) is 0 Å². The molecule has 0 radical (unpaired) electrons. The molecule has 0 spiro atoms. The predicted octanol–water partition coefficient (Wildman–Crippen LogP) is 18.1. The van der Waals surface area contributed by atoms with Crippen LogP contribution in [0.2, 0.25) is 0 Å². The van der Waals surface area contributed by atoms with Gasteiger partial charge in [-0.1, -0.05) is 242 Å². The van der Waals surface area contributed by atoms with Crippen LogP contribution < -0.4 is 0 Å². The molecule has 0 amide bonds. The number of hydrogen-bond acceptors (Lipinski definition) is 5. The molecular weight excluding hydrogens is 765 g/mol. The van der Waals surface area contributed by atoms with E-state index in [2.05, 4.69) is 62.5 Å². The summed E-state index contributed by atoms with van der Waals surface area (Å²) in [6.07, 6.45) is 69.3. The van der Waals surface area contributed by atoms with Crippen molar-refractivity contribution in [1.82, 2.24) is 0 Å². The minimum atomic E-state index is -0.775. The number of aliphatic hydroxyl groups excluding tert-OH is 1. The normalized spacial score (nSPS) is 12.5. The van der Waals surface area contributed by atoms with Crippen molar-refractivity contribution in [1.29, 1.82) is 0 Å². The number of aliphatic hydroxyl groups is 1. The van der Waals surface area contributed by atoms with Gasteiger partial charge in [0.15, 0.2) is 6.10 Å². The Labute approximate surface area is 386 Å². The third kappa shape index (κ3) is 50.5. The van der Waals surface area contributed by atoms with Crippen molar-refractivity contribution in [2.24, 2.45) is 0 Å². The van der Waals surface area contributed by atoms with Gasteiger partial charge in [-0.15, -0.1) is 0 Å². The predicted molar refractivity (Wildman–Crippen MR) is 270 cm³/mol. The zero-order valence-electron chi connectivity index (χ0n) is 41.4. The van der Waals surface area contributed by atoms with E-state index in [1.807, 2.05) is 0 Å². The van der Waals surface area contributed by atoms with Crippen LogP contribution >= 0.6 is 0 Å². The fraction of sp³-hybridized carbons (Fsp3) is 0.825. The summed E-state index contributed by atoms with van der Waals surface area (Å²) < 4.78 is 10.7. The Morgan fingerprint density at radius 1 is 0.371 bits per heavy atom. The number of carbonyl (C=O) groups excluding carboxylic acids is 2. The molecule has 0 bridgehead atoms. The van der Waals surface area contributed by atoms with Crippen molar-refractivity contribution in [3.8, 4) is 0 Å². The smallest absolute Gasteiger partial charge is 0.306 e. The number of hydrogen-bond donors (Lipinski definition) is 1. The zero-order valence-corrected chi connectivity index (χ0v) is 41.4. The van der Waals surface area contributed by atoms with Crippen LogP contribution in [0.3, 0.4) is 0 Å². The van der Waals surface area contributed by atoms with E-state index in [9.17, 15) is 14.7 Å². The SMILES string of the molecule is CCCCCCC/C=C\C/C=C\C/C=C\CCCCCCCCCCCCC(=O)OC(CO)COC(=O)CCCCCCCCCCCCC/C=C\CCCCCCCCCC. The van der Waals surface area contributed by atoms with Gasteiger partial charge < -0.3 is 14.6 Å². The molecule has 1 N–H and O–H groups in total. The molecule has 0 heterocycles. The third-order valence-corrected chi connectivity index (χ3v) is 12.1. The van der Waals surface area contributed by atoms with Gasteiger partial charge in [0, 0.05) is 12.8 Å². The van der Waals surface area contributed by atoms with Crippen molar-refractivity contribution in [2.75, 3.05) is 13.2 Å². The fourth-order valence-electron chi connectivity index (χ4n) is 7.97. The van der Waals surface area contributed by atoms with Crippen LogP contribution in [0, 0.1) is 0 Å². The van der Waals surface area contributed by atoms with E-state index >= 15 is 0 Å². The van der Waals surface area contributed by atoms with Gasteiger partial charge in [-0.2, -0.15) is 0 Å². The second-order valence-corrected chi connectivity index (χ2v) is 18.3. The maximum atomic E-state index is 12.3. The van der Waals surface area contributed by atoms with E-state index in [1.54, 1.807) is 0 Å². The molecule has 0 saturated carbocycles. The molecule has 0 aromatic carbocycles. The van der Waals surface area contributed by atoms with Crippen LogP contribution in [-0.2, 0) is 19.1 Å². The average molecular weight is 869 g/mol. The summed E-state index contributed by atoms with van der Waals surface area (Å²) in [5, 5.41) is 9.64. The molecule has 1 atom stereocenters. The lowest BCUT2D eigenvalue weighted by Crippen LogP contribution is -2.28. The van der Waals surface area contributed by atoms with Gasteiger partial charge in [-0.05, 0) is 77.0 Å². The average Bonchev–Trinajstić information content (AvgIpc) is 3.28. The molecule has 0 aromatic rings. The topological polar surface area (TPSA) is 72.8 Å². The number of unbranched alkanes of at least 4 members (excludes halogenated alkanes) is 34. The van der Waals surface area contributed by atoms with Gasteiger partial charge in [-0.3, -0.25) is 9.59 Å². The van der Waals surface area contributed by atoms with E-state index in [-0.39, 0.29) is 25.2 Å². The first-order valence-electron chi connectivity index (χ1n) is 27.2. The molecule has 62 heavy (non-hydrogen) atoms. The Morgan fingerprint density at radius 3 is 0.984 bits per heavy atom. The molecule has 0 saturated heterocycles. The lowest BCUT2D eigenvalue weighted by atomic mass is 10.0. The zero-order chi connectivity index (χ0) is 44.9. The summed E-state index contributed by atoms with van der Waals surface area (Å²) in [6.45, 7) is 4.16. The highest BCUT2D eigenvalue weighted by Gasteiger charge is 2.16. The van der Waals surface area contributed by atoms with Gasteiger partial charge in [0.05, 0.1) is 6.61 Å². The highest BCUT2D eigenvalue weighted by Crippen LogP contribution is 2.16. The second kappa shape index (κ2) is 53.2. The summed E-state index contributed by atoms with van der Waals surface area (Å²) in [5.74, 6) is -0.586. The quantitative estimate of drug-likeness (QED) is 0.0375. The summed E-state index contributed by atoms with van der Waals surface area (Å²) in [5.41, 5.74) is 0. The second-order valence-electron chi connectivity index (χ2n) is 18.3. The molecule has 1 unspecified atom stereocenters. The monoisotopic (exact) mass is 869 g/mol. The summed E-state index contributed by atoms with van der Waals surface area (Å²) in [6, 6.07) is 0. The van der Waals surface area contributed by atoms with Crippen molar-refractivity contribution >= 4 is 11.9 Å². The van der Waals surface area contributed by atoms with Gasteiger partial charge in [0.25, 0.3) is 0 Å². The van der Waals surface area contributed by atoms with E-state index in [1.165, 1.54) is 205 Å². The molecule has 0 aliphatic heterocycles. The van der Waals surface area contributed by atoms with Crippen molar-refractivity contribution in [2.45, 2.75) is 290 Å². The molecule has 0 aromatic heterocycles. The van der Waals surface area contributed by atoms with Crippen LogP contribution in [0.15, 0.2) is 48.6 Å². The highest BCUT2D eigenvalue weighted by molar-refractivity contribution is 5.70. The molecule has 362 valence electrons. The maximum absolute atomic E-state index is 12.3. The third-order valence-electron chi connectivity index (χ3n) is 12.1. The van der Waals surface area contributed by atoms with Crippen LogP contribution in [-0.4, -0.2) is 36.4 Å². The van der Waals surface area contributed by atoms with Crippen LogP contribution in [0.5, 0.6) is 0 Å². The molecule has 0 rings (SSSR count). The lowest BCUT2D eigenvalue weighted by molar-refractivity contribution is -0.161.